The average Bonchev–Trinajstić information content (AvgIpc) is 3.12. The van der Waals surface area contributed by atoms with E-state index in [1.165, 1.54) is 19.1 Å². The summed E-state index contributed by atoms with van der Waals surface area (Å²) in [4.78, 5) is 11.8. The molecule has 2 rings (SSSR count). The molecular formula is C12H14ClNO3S. The van der Waals surface area contributed by atoms with Crippen molar-refractivity contribution in [2.24, 2.45) is 0 Å². The molecule has 0 radical (unpaired) electrons. The quantitative estimate of drug-likeness (QED) is 0.918. The van der Waals surface area contributed by atoms with E-state index in [0.29, 0.717) is 0 Å². The SMILES string of the molecule is CC(C(=O)NC1CC1)S(=O)(=O)c1ccccc1Cl. The molecule has 0 aliphatic heterocycles. The van der Waals surface area contributed by atoms with Crippen molar-refractivity contribution in [3.63, 3.8) is 0 Å². The van der Waals surface area contributed by atoms with Crippen LogP contribution in [0.3, 0.4) is 0 Å². The summed E-state index contributed by atoms with van der Waals surface area (Å²) in [5.74, 6) is -0.461. The van der Waals surface area contributed by atoms with Crippen molar-refractivity contribution in [2.75, 3.05) is 0 Å². The topological polar surface area (TPSA) is 63.2 Å². The van der Waals surface area contributed by atoms with Crippen molar-refractivity contribution in [1.29, 1.82) is 0 Å². The molecule has 1 fully saturated rings. The minimum atomic E-state index is -3.73. The van der Waals surface area contributed by atoms with Crippen molar-refractivity contribution in [3.8, 4) is 0 Å². The van der Waals surface area contributed by atoms with Crippen LogP contribution in [0.15, 0.2) is 29.2 Å². The first-order chi connectivity index (χ1) is 8.43. The summed E-state index contributed by atoms with van der Waals surface area (Å²) in [6.45, 7) is 1.39. The minimum Gasteiger partial charge on any atom is -0.352 e. The summed E-state index contributed by atoms with van der Waals surface area (Å²) in [6, 6.07) is 6.29. The van der Waals surface area contributed by atoms with E-state index in [0.717, 1.165) is 12.8 Å². The van der Waals surface area contributed by atoms with Gasteiger partial charge in [0.25, 0.3) is 0 Å². The van der Waals surface area contributed by atoms with Gasteiger partial charge in [0.1, 0.15) is 5.25 Å². The van der Waals surface area contributed by atoms with Gasteiger partial charge in [-0.2, -0.15) is 0 Å². The third-order valence-corrected chi connectivity index (χ3v) is 5.46. The standard InChI is InChI=1S/C12H14ClNO3S/c1-8(12(15)14-9-6-7-9)18(16,17)11-5-3-2-4-10(11)13/h2-5,8-9H,6-7H2,1H3,(H,14,15). The maximum absolute atomic E-state index is 12.3. The second kappa shape index (κ2) is 4.90. The van der Waals surface area contributed by atoms with Crippen LogP contribution in [0.25, 0.3) is 0 Å². The zero-order valence-electron chi connectivity index (χ0n) is 9.89. The van der Waals surface area contributed by atoms with E-state index in [1.54, 1.807) is 12.1 Å². The molecule has 0 spiro atoms. The second-order valence-corrected chi connectivity index (χ2v) is 7.04. The van der Waals surface area contributed by atoms with E-state index in [4.69, 9.17) is 11.6 Å². The zero-order valence-corrected chi connectivity index (χ0v) is 11.5. The van der Waals surface area contributed by atoms with Gasteiger partial charge in [-0.05, 0) is 31.9 Å². The number of nitrogens with one attached hydrogen (secondary N) is 1. The van der Waals surface area contributed by atoms with E-state index < -0.39 is 21.0 Å². The van der Waals surface area contributed by atoms with Gasteiger partial charge in [0, 0.05) is 6.04 Å². The van der Waals surface area contributed by atoms with E-state index in [9.17, 15) is 13.2 Å². The molecule has 0 aromatic heterocycles. The number of amides is 1. The molecular weight excluding hydrogens is 274 g/mol. The number of carbonyl (C=O) groups excluding carboxylic acids is 1. The van der Waals surface area contributed by atoms with Crippen LogP contribution in [0, 0.1) is 0 Å². The van der Waals surface area contributed by atoms with Crippen LogP contribution in [0.4, 0.5) is 0 Å². The van der Waals surface area contributed by atoms with Crippen molar-refractivity contribution >= 4 is 27.3 Å². The monoisotopic (exact) mass is 287 g/mol. The summed E-state index contributed by atoms with van der Waals surface area (Å²) in [6.07, 6.45) is 1.84. The second-order valence-electron chi connectivity index (χ2n) is 4.40. The summed E-state index contributed by atoms with van der Waals surface area (Å²) in [7, 11) is -3.73. The van der Waals surface area contributed by atoms with E-state index in [2.05, 4.69) is 5.32 Å². The Kier molecular flexibility index (Phi) is 3.64. The van der Waals surface area contributed by atoms with Crippen LogP contribution >= 0.6 is 11.6 Å². The third kappa shape index (κ3) is 2.67. The fraction of sp³-hybridized carbons (Fsp3) is 0.417. The minimum absolute atomic E-state index is 0.00473. The van der Waals surface area contributed by atoms with Crippen LogP contribution < -0.4 is 5.32 Å². The summed E-state index contributed by atoms with van der Waals surface area (Å²) in [5, 5.41) is 1.70. The van der Waals surface area contributed by atoms with Gasteiger partial charge in [-0.3, -0.25) is 4.79 Å². The smallest absolute Gasteiger partial charge is 0.238 e. The predicted octanol–water partition coefficient (Wildman–Crippen LogP) is 1.78. The molecule has 1 unspecified atom stereocenters. The van der Waals surface area contributed by atoms with Crippen molar-refractivity contribution < 1.29 is 13.2 Å². The summed E-state index contributed by atoms with van der Waals surface area (Å²) in [5.41, 5.74) is 0. The number of rotatable bonds is 4. The maximum Gasteiger partial charge on any atom is 0.238 e. The molecule has 18 heavy (non-hydrogen) atoms. The Morgan fingerprint density at radius 1 is 1.39 bits per heavy atom. The Morgan fingerprint density at radius 3 is 2.56 bits per heavy atom. The molecule has 1 saturated carbocycles. The van der Waals surface area contributed by atoms with Gasteiger partial charge >= 0.3 is 0 Å². The lowest BCUT2D eigenvalue weighted by molar-refractivity contribution is -0.120. The van der Waals surface area contributed by atoms with Crippen molar-refractivity contribution in [3.05, 3.63) is 29.3 Å². The van der Waals surface area contributed by atoms with Gasteiger partial charge in [-0.25, -0.2) is 8.42 Å². The van der Waals surface area contributed by atoms with Crippen LogP contribution in [-0.2, 0) is 14.6 Å². The molecule has 1 aromatic rings. The molecule has 0 saturated heterocycles. The molecule has 6 heteroatoms. The molecule has 0 bridgehead atoms. The Hall–Kier alpha value is -1.07. The fourth-order valence-corrected chi connectivity index (χ4v) is 3.35. The molecule has 98 valence electrons. The van der Waals surface area contributed by atoms with Crippen LogP contribution in [0.1, 0.15) is 19.8 Å². The normalized spacial score (nSPS) is 17.2. The van der Waals surface area contributed by atoms with Gasteiger partial charge < -0.3 is 5.32 Å². The molecule has 1 aromatic carbocycles. The molecule has 1 aliphatic carbocycles. The van der Waals surface area contributed by atoms with Crippen LogP contribution in [0.5, 0.6) is 0 Å². The molecule has 1 N–H and O–H groups in total. The zero-order chi connectivity index (χ0) is 13.3. The first kappa shape index (κ1) is 13.4. The number of hydrogen-bond donors (Lipinski definition) is 1. The van der Waals surface area contributed by atoms with Gasteiger partial charge in [0.05, 0.1) is 9.92 Å². The lowest BCUT2D eigenvalue weighted by atomic mass is 10.4. The van der Waals surface area contributed by atoms with Gasteiger partial charge in [0.15, 0.2) is 9.84 Å². The first-order valence-corrected chi connectivity index (χ1v) is 7.64. The van der Waals surface area contributed by atoms with Crippen molar-refractivity contribution in [1.82, 2.24) is 5.32 Å². The highest BCUT2D eigenvalue weighted by molar-refractivity contribution is 7.92. The van der Waals surface area contributed by atoms with Crippen molar-refractivity contribution in [2.45, 2.75) is 36.0 Å². The number of sulfone groups is 1. The Labute approximate surface area is 111 Å². The molecule has 4 nitrogen and oxygen atoms in total. The molecule has 1 amide bonds. The first-order valence-electron chi connectivity index (χ1n) is 5.71. The molecule has 1 aliphatic rings. The molecule has 1 atom stereocenters. The van der Waals surface area contributed by atoms with E-state index in [-0.39, 0.29) is 16.0 Å². The highest BCUT2D eigenvalue weighted by Crippen LogP contribution is 2.25. The lowest BCUT2D eigenvalue weighted by Gasteiger charge is -2.13. The summed E-state index contributed by atoms with van der Waals surface area (Å²) >= 11 is 5.86. The fourth-order valence-electron chi connectivity index (χ4n) is 1.55. The molecule has 0 heterocycles. The third-order valence-electron chi connectivity index (χ3n) is 2.90. The number of halogens is 1. The van der Waals surface area contributed by atoms with E-state index >= 15 is 0 Å². The largest absolute Gasteiger partial charge is 0.352 e. The van der Waals surface area contributed by atoms with Crippen LogP contribution in [0.2, 0.25) is 5.02 Å². The average molecular weight is 288 g/mol. The lowest BCUT2D eigenvalue weighted by Crippen LogP contribution is -2.39. The van der Waals surface area contributed by atoms with E-state index in [1.807, 2.05) is 0 Å². The Morgan fingerprint density at radius 2 is 2.00 bits per heavy atom. The predicted molar refractivity (Wildman–Crippen MR) is 69.3 cm³/mol. The van der Waals surface area contributed by atoms with Gasteiger partial charge in [-0.1, -0.05) is 23.7 Å². The van der Waals surface area contributed by atoms with Crippen LogP contribution in [-0.4, -0.2) is 25.6 Å². The number of hydrogen-bond acceptors (Lipinski definition) is 3. The van der Waals surface area contributed by atoms with Gasteiger partial charge in [-0.15, -0.1) is 0 Å². The number of carbonyl (C=O) groups is 1. The maximum atomic E-state index is 12.3. The highest BCUT2D eigenvalue weighted by atomic mass is 35.5. The number of benzene rings is 1. The Balaban J connectivity index is 2.24. The van der Waals surface area contributed by atoms with Gasteiger partial charge in [0.2, 0.25) is 5.91 Å². The summed E-state index contributed by atoms with van der Waals surface area (Å²) < 4.78 is 24.5. The Bertz CT molecular complexity index is 566. The highest BCUT2D eigenvalue weighted by Gasteiger charge is 2.34.